The Morgan fingerprint density at radius 3 is 2.56 bits per heavy atom. The molecule has 0 fully saturated rings. The lowest BCUT2D eigenvalue weighted by Crippen LogP contribution is -2.24. The van der Waals surface area contributed by atoms with Gasteiger partial charge in [0.1, 0.15) is 11.5 Å². The first kappa shape index (κ1) is 13.4. The highest BCUT2D eigenvalue weighted by molar-refractivity contribution is 9.10. The van der Waals surface area contributed by atoms with Crippen molar-refractivity contribution in [2.24, 2.45) is 0 Å². The van der Waals surface area contributed by atoms with Crippen LogP contribution in [0.5, 0.6) is 0 Å². The molecule has 2 nitrogen and oxygen atoms in total. The predicted octanol–water partition coefficient (Wildman–Crippen LogP) is 4.60. The molecule has 0 aliphatic rings. The third-order valence-electron chi connectivity index (χ3n) is 3.03. The molecule has 0 unspecified atom stereocenters. The van der Waals surface area contributed by atoms with Crippen molar-refractivity contribution in [2.45, 2.75) is 32.9 Å². The van der Waals surface area contributed by atoms with E-state index in [0.29, 0.717) is 6.04 Å². The quantitative estimate of drug-likeness (QED) is 0.873. The highest BCUT2D eigenvalue weighted by atomic mass is 79.9. The van der Waals surface area contributed by atoms with Crippen molar-refractivity contribution in [3.05, 3.63) is 46.6 Å². The molecule has 0 aliphatic carbocycles. The van der Waals surface area contributed by atoms with E-state index in [1.54, 1.807) is 0 Å². The maximum atomic E-state index is 5.83. The molecule has 1 aromatic carbocycles. The Kier molecular flexibility index (Phi) is 4.61. The van der Waals surface area contributed by atoms with Gasteiger partial charge < -0.3 is 9.73 Å². The van der Waals surface area contributed by atoms with Gasteiger partial charge in [0.2, 0.25) is 0 Å². The molecule has 2 rings (SSSR count). The van der Waals surface area contributed by atoms with Gasteiger partial charge in [0.05, 0.1) is 6.54 Å². The van der Waals surface area contributed by atoms with Crippen LogP contribution in [0.2, 0.25) is 0 Å². The van der Waals surface area contributed by atoms with Crippen LogP contribution in [-0.4, -0.2) is 6.04 Å². The van der Waals surface area contributed by atoms with E-state index >= 15 is 0 Å². The first-order valence-electron chi connectivity index (χ1n) is 6.27. The second kappa shape index (κ2) is 6.21. The Labute approximate surface area is 117 Å². The Hall–Kier alpha value is -1.06. The monoisotopic (exact) mass is 307 g/mol. The van der Waals surface area contributed by atoms with E-state index in [9.17, 15) is 0 Å². The number of hydrogen-bond donors (Lipinski definition) is 1. The van der Waals surface area contributed by atoms with E-state index < -0.39 is 0 Å². The topological polar surface area (TPSA) is 25.2 Å². The summed E-state index contributed by atoms with van der Waals surface area (Å²) in [4.78, 5) is 0. The minimum absolute atomic E-state index is 0.520. The lowest BCUT2D eigenvalue weighted by Gasteiger charge is -2.08. The molecule has 96 valence electrons. The Bertz CT molecular complexity index is 489. The minimum Gasteiger partial charge on any atom is -0.460 e. The first-order chi connectivity index (χ1) is 8.69. The van der Waals surface area contributed by atoms with Gasteiger partial charge >= 0.3 is 0 Å². The van der Waals surface area contributed by atoms with Gasteiger partial charge in [-0.3, -0.25) is 0 Å². The van der Waals surface area contributed by atoms with E-state index in [1.165, 1.54) is 0 Å². The summed E-state index contributed by atoms with van der Waals surface area (Å²) >= 11 is 3.43. The van der Waals surface area contributed by atoms with E-state index in [4.69, 9.17) is 4.42 Å². The molecule has 0 aliphatic heterocycles. The largest absolute Gasteiger partial charge is 0.460 e. The zero-order valence-electron chi connectivity index (χ0n) is 10.7. The van der Waals surface area contributed by atoms with Gasteiger partial charge in [-0.05, 0) is 37.6 Å². The first-order valence-corrected chi connectivity index (χ1v) is 7.06. The fourth-order valence-corrected chi connectivity index (χ4v) is 1.93. The van der Waals surface area contributed by atoms with Crippen LogP contribution in [0.25, 0.3) is 11.3 Å². The van der Waals surface area contributed by atoms with E-state index in [-0.39, 0.29) is 0 Å². The molecule has 1 atom stereocenters. The van der Waals surface area contributed by atoms with Gasteiger partial charge in [-0.25, -0.2) is 0 Å². The molecule has 0 saturated heterocycles. The lowest BCUT2D eigenvalue weighted by molar-refractivity contribution is 0.457. The van der Waals surface area contributed by atoms with Crippen molar-refractivity contribution < 1.29 is 4.42 Å². The molecule has 0 radical (unpaired) electrons. The maximum absolute atomic E-state index is 5.83. The SMILES string of the molecule is CC[C@H](C)NCc1ccc(-c2ccc(Br)cc2)o1. The van der Waals surface area contributed by atoms with Crippen molar-refractivity contribution in [3.8, 4) is 11.3 Å². The highest BCUT2D eigenvalue weighted by Crippen LogP contribution is 2.23. The zero-order valence-corrected chi connectivity index (χ0v) is 12.3. The number of halogens is 1. The molecular weight excluding hydrogens is 290 g/mol. The van der Waals surface area contributed by atoms with Gasteiger partial charge in [0.15, 0.2) is 0 Å². The summed E-state index contributed by atoms with van der Waals surface area (Å²) < 4.78 is 6.91. The van der Waals surface area contributed by atoms with Crippen molar-refractivity contribution in [3.63, 3.8) is 0 Å². The van der Waals surface area contributed by atoms with Crippen LogP contribution in [0.4, 0.5) is 0 Å². The van der Waals surface area contributed by atoms with Crippen molar-refractivity contribution in [2.75, 3.05) is 0 Å². The number of benzene rings is 1. The van der Waals surface area contributed by atoms with Crippen LogP contribution in [0.3, 0.4) is 0 Å². The third-order valence-corrected chi connectivity index (χ3v) is 3.56. The molecule has 0 amide bonds. The Morgan fingerprint density at radius 1 is 1.17 bits per heavy atom. The number of rotatable bonds is 5. The number of hydrogen-bond acceptors (Lipinski definition) is 2. The standard InChI is InChI=1S/C15H18BrNO/c1-3-11(2)17-10-14-8-9-15(18-14)12-4-6-13(16)7-5-12/h4-9,11,17H,3,10H2,1-2H3/t11-/m0/s1. The molecule has 0 saturated carbocycles. The fraction of sp³-hybridized carbons (Fsp3) is 0.333. The average Bonchev–Trinajstić information content (AvgIpc) is 2.85. The molecule has 18 heavy (non-hydrogen) atoms. The summed E-state index contributed by atoms with van der Waals surface area (Å²) in [5, 5.41) is 3.42. The highest BCUT2D eigenvalue weighted by Gasteiger charge is 2.05. The van der Waals surface area contributed by atoms with Crippen LogP contribution in [0.1, 0.15) is 26.0 Å². The molecule has 1 aromatic heterocycles. The van der Waals surface area contributed by atoms with Crippen LogP contribution >= 0.6 is 15.9 Å². The summed E-state index contributed by atoms with van der Waals surface area (Å²) in [6.45, 7) is 5.14. The fourth-order valence-electron chi connectivity index (χ4n) is 1.66. The van der Waals surface area contributed by atoms with Gasteiger partial charge in [-0.15, -0.1) is 0 Å². The predicted molar refractivity (Wildman–Crippen MR) is 78.4 cm³/mol. The second-order valence-electron chi connectivity index (χ2n) is 4.46. The summed E-state index contributed by atoms with van der Waals surface area (Å²) in [6, 6.07) is 12.7. The Morgan fingerprint density at radius 2 is 1.89 bits per heavy atom. The van der Waals surface area contributed by atoms with Crippen LogP contribution < -0.4 is 5.32 Å². The van der Waals surface area contributed by atoms with Crippen LogP contribution in [-0.2, 0) is 6.54 Å². The molecule has 1 heterocycles. The third kappa shape index (κ3) is 3.47. The second-order valence-corrected chi connectivity index (χ2v) is 5.38. The van der Waals surface area contributed by atoms with E-state index in [1.807, 2.05) is 24.3 Å². The minimum atomic E-state index is 0.520. The molecule has 0 spiro atoms. The van der Waals surface area contributed by atoms with Gasteiger partial charge in [0.25, 0.3) is 0 Å². The van der Waals surface area contributed by atoms with Crippen LogP contribution in [0, 0.1) is 0 Å². The smallest absolute Gasteiger partial charge is 0.134 e. The van der Waals surface area contributed by atoms with E-state index in [0.717, 1.165) is 34.5 Å². The molecule has 0 bridgehead atoms. The normalized spacial score (nSPS) is 12.6. The van der Waals surface area contributed by atoms with Gasteiger partial charge in [-0.1, -0.05) is 35.0 Å². The summed E-state index contributed by atoms with van der Waals surface area (Å²) in [5.74, 6) is 1.90. The Balaban J connectivity index is 2.03. The zero-order chi connectivity index (χ0) is 13.0. The molecule has 2 aromatic rings. The summed E-state index contributed by atoms with van der Waals surface area (Å²) in [7, 11) is 0. The van der Waals surface area contributed by atoms with Gasteiger partial charge in [-0.2, -0.15) is 0 Å². The number of furan rings is 1. The van der Waals surface area contributed by atoms with Gasteiger partial charge in [0, 0.05) is 16.1 Å². The molecular formula is C15H18BrNO. The lowest BCUT2D eigenvalue weighted by atomic mass is 10.2. The van der Waals surface area contributed by atoms with Crippen molar-refractivity contribution >= 4 is 15.9 Å². The summed E-state index contributed by atoms with van der Waals surface area (Å²) in [5.41, 5.74) is 1.10. The maximum Gasteiger partial charge on any atom is 0.134 e. The molecule has 1 N–H and O–H groups in total. The molecule has 3 heteroatoms. The van der Waals surface area contributed by atoms with E-state index in [2.05, 4.69) is 47.2 Å². The van der Waals surface area contributed by atoms with Crippen molar-refractivity contribution in [1.82, 2.24) is 5.32 Å². The van der Waals surface area contributed by atoms with Crippen LogP contribution in [0.15, 0.2) is 45.3 Å². The number of nitrogens with one attached hydrogen (secondary N) is 1. The summed E-state index contributed by atoms with van der Waals surface area (Å²) in [6.07, 6.45) is 1.13. The average molecular weight is 308 g/mol. The van der Waals surface area contributed by atoms with Crippen molar-refractivity contribution in [1.29, 1.82) is 0 Å².